The van der Waals surface area contributed by atoms with Gasteiger partial charge in [0.1, 0.15) is 0 Å². The Labute approximate surface area is 39.2 Å². The van der Waals surface area contributed by atoms with Crippen LogP contribution in [-0.2, 0) is 25.6 Å². The van der Waals surface area contributed by atoms with Crippen LogP contribution in [0.2, 0.25) is 0 Å². The van der Waals surface area contributed by atoms with Crippen LogP contribution in [-0.4, -0.2) is 0 Å². The molecule has 0 aromatic heterocycles. The zero-order valence-corrected chi connectivity index (χ0v) is 3.87. The van der Waals surface area contributed by atoms with Crippen molar-refractivity contribution in [2.45, 2.75) is 0 Å². The number of hydrogen-bond acceptors (Lipinski definition) is 3. The van der Waals surface area contributed by atoms with E-state index in [-0.39, 0.29) is 16.5 Å². The Balaban J connectivity index is 0. The number of hydrogen-bond donors (Lipinski definition) is 0. The van der Waals surface area contributed by atoms with Crippen molar-refractivity contribution in [3.63, 3.8) is 0 Å². The molecular formula is NiO3P-. The van der Waals surface area contributed by atoms with Gasteiger partial charge in [-0.15, -0.1) is 0 Å². The molecule has 0 atom stereocenters. The van der Waals surface area contributed by atoms with Crippen LogP contribution >= 0.6 is 7.91 Å². The van der Waals surface area contributed by atoms with E-state index in [1.165, 1.54) is 0 Å². The SMILES string of the molecule is O=P(=O)[O-].[Ni]. The molecule has 0 aliphatic rings. The molecule has 0 aromatic carbocycles. The predicted octanol–water partition coefficient (Wildman–Crippen LogP) is -0.568. The average Bonchev–Trinajstić information content (AvgIpc) is 0.811. The van der Waals surface area contributed by atoms with Gasteiger partial charge in [-0.1, -0.05) is 0 Å². The van der Waals surface area contributed by atoms with Gasteiger partial charge in [-0.2, -0.15) is 0 Å². The van der Waals surface area contributed by atoms with E-state index in [0.29, 0.717) is 0 Å². The summed E-state index contributed by atoms with van der Waals surface area (Å²) in [7, 11) is -3.37. The monoisotopic (exact) mass is 137 g/mol. The van der Waals surface area contributed by atoms with Gasteiger partial charge in [0.2, 0.25) is 7.91 Å². The van der Waals surface area contributed by atoms with E-state index in [2.05, 4.69) is 0 Å². The van der Waals surface area contributed by atoms with Crippen LogP contribution in [0.25, 0.3) is 0 Å². The van der Waals surface area contributed by atoms with Gasteiger partial charge in [-0.25, -0.2) is 0 Å². The standard InChI is InChI=1S/Ni.HO3P/c;1-4(2)3/h;(H,1,2,3)/p-1. The van der Waals surface area contributed by atoms with Gasteiger partial charge in [0.15, 0.2) is 0 Å². The molecule has 34 valence electrons. The molecule has 0 radical (unpaired) electrons. The molecule has 5 heavy (non-hydrogen) atoms. The third-order valence-corrected chi connectivity index (χ3v) is 0. The van der Waals surface area contributed by atoms with E-state index < -0.39 is 7.91 Å². The molecule has 0 aromatic rings. The largest absolute Gasteiger partial charge is 0.744 e. The summed E-state index contributed by atoms with van der Waals surface area (Å²) in [6, 6.07) is 0. The van der Waals surface area contributed by atoms with Crippen LogP contribution in [0.5, 0.6) is 0 Å². The third kappa shape index (κ3) is 193. The normalized spacial score (nSPS) is 5.00. The maximum atomic E-state index is 8.48. The Bertz CT molecular complexity index is 55.3. The molecule has 0 aliphatic carbocycles. The average molecular weight is 138 g/mol. The van der Waals surface area contributed by atoms with Gasteiger partial charge in [-0.05, 0) is 0 Å². The van der Waals surface area contributed by atoms with Crippen molar-refractivity contribution in [1.29, 1.82) is 0 Å². The van der Waals surface area contributed by atoms with Crippen LogP contribution < -0.4 is 4.89 Å². The van der Waals surface area contributed by atoms with Crippen molar-refractivity contribution in [2.75, 3.05) is 0 Å². The van der Waals surface area contributed by atoms with Crippen molar-refractivity contribution in [2.24, 2.45) is 0 Å². The van der Waals surface area contributed by atoms with Crippen molar-refractivity contribution >= 4 is 7.91 Å². The van der Waals surface area contributed by atoms with E-state index in [9.17, 15) is 0 Å². The van der Waals surface area contributed by atoms with Crippen LogP contribution in [0.15, 0.2) is 0 Å². The zero-order valence-electron chi connectivity index (χ0n) is 1.99. The molecule has 0 bridgehead atoms. The molecule has 0 rings (SSSR count). The van der Waals surface area contributed by atoms with Gasteiger partial charge in [0.05, 0.1) is 0 Å². The Morgan fingerprint density at radius 2 is 1.40 bits per heavy atom. The maximum absolute atomic E-state index is 8.48. The van der Waals surface area contributed by atoms with Crippen molar-refractivity contribution in [3.8, 4) is 0 Å². The van der Waals surface area contributed by atoms with Crippen LogP contribution in [0.4, 0.5) is 0 Å². The van der Waals surface area contributed by atoms with E-state index >= 15 is 0 Å². The predicted molar refractivity (Wildman–Crippen MR) is 8.29 cm³/mol. The minimum atomic E-state index is -3.37. The van der Waals surface area contributed by atoms with Crippen molar-refractivity contribution < 1.29 is 30.5 Å². The van der Waals surface area contributed by atoms with E-state index in [4.69, 9.17) is 14.0 Å². The molecule has 0 spiro atoms. The summed E-state index contributed by atoms with van der Waals surface area (Å²) in [4.78, 5) is 8.48. The fourth-order valence-corrected chi connectivity index (χ4v) is 0. The summed E-state index contributed by atoms with van der Waals surface area (Å²) in [5.74, 6) is 0. The summed E-state index contributed by atoms with van der Waals surface area (Å²) in [5.41, 5.74) is 0. The van der Waals surface area contributed by atoms with Crippen LogP contribution in [0.3, 0.4) is 0 Å². The Kier molecular flexibility index (Phi) is 7.86. The minimum Gasteiger partial charge on any atom is -0.744 e. The summed E-state index contributed by atoms with van der Waals surface area (Å²) < 4.78 is 17.0. The molecule has 0 unspecified atom stereocenters. The molecule has 0 saturated heterocycles. The first kappa shape index (κ1) is 9.02. The molecule has 0 saturated carbocycles. The Morgan fingerprint density at radius 1 is 1.40 bits per heavy atom. The first-order chi connectivity index (χ1) is 1.73. The second-order valence-corrected chi connectivity index (χ2v) is 0.671. The molecule has 0 aliphatic heterocycles. The van der Waals surface area contributed by atoms with Crippen LogP contribution in [0.1, 0.15) is 0 Å². The fraction of sp³-hybridized carbons (Fsp3) is 0. The second-order valence-electron chi connectivity index (χ2n) is 0.224. The van der Waals surface area contributed by atoms with E-state index in [1.807, 2.05) is 0 Å². The van der Waals surface area contributed by atoms with Gasteiger partial charge in [0, 0.05) is 16.5 Å². The number of rotatable bonds is 0. The smallest absolute Gasteiger partial charge is 0.250 e. The minimum absolute atomic E-state index is 0. The molecule has 5 heteroatoms. The summed E-state index contributed by atoms with van der Waals surface area (Å²) in [5, 5.41) is 0. The van der Waals surface area contributed by atoms with Crippen molar-refractivity contribution in [3.05, 3.63) is 0 Å². The summed E-state index contributed by atoms with van der Waals surface area (Å²) in [6.45, 7) is 0. The van der Waals surface area contributed by atoms with Gasteiger partial charge >= 0.3 is 0 Å². The first-order valence-corrected chi connectivity index (χ1v) is 1.64. The van der Waals surface area contributed by atoms with E-state index in [1.54, 1.807) is 0 Å². The van der Waals surface area contributed by atoms with Gasteiger partial charge in [0.25, 0.3) is 0 Å². The van der Waals surface area contributed by atoms with Crippen molar-refractivity contribution in [1.82, 2.24) is 0 Å². The second kappa shape index (κ2) is 4.35. The van der Waals surface area contributed by atoms with E-state index in [0.717, 1.165) is 0 Å². The molecule has 0 N–H and O–H groups in total. The maximum Gasteiger partial charge on any atom is 0.250 e. The zero-order chi connectivity index (χ0) is 3.58. The summed E-state index contributed by atoms with van der Waals surface area (Å²) >= 11 is 0. The first-order valence-electron chi connectivity index (χ1n) is 0.548. The third-order valence-electron chi connectivity index (χ3n) is 0. The quantitative estimate of drug-likeness (QED) is 0.332. The van der Waals surface area contributed by atoms with Crippen LogP contribution in [0, 0.1) is 0 Å². The fourth-order valence-electron chi connectivity index (χ4n) is 0. The molecule has 0 amide bonds. The molecule has 0 fully saturated rings. The Morgan fingerprint density at radius 3 is 1.40 bits per heavy atom. The van der Waals surface area contributed by atoms with Gasteiger partial charge in [-0.3, -0.25) is 9.13 Å². The molecule has 0 heterocycles. The molecule has 3 nitrogen and oxygen atoms in total. The van der Waals surface area contributed by atoms with Gasteiger partial charge < -0.3 is 4.89 Å². The molecular weight excluding hydrogens is 138 g/mol. The topological polar surface area (TPSA) is 57.2 Å². The summed E-state index contributed by atoms with van der Waals surface area (Å²) in [6.07, 6.45) is 0. The Hall–Kier alpha value is 0.354.